The third kappa shape index (κ3) is 4.20. The van der Waals surface area contributed by atoms with Gasteiger partial charge in [-0.2, -0.15) is 0 Å². The summed E-state index contributed by atoms with van der Waals surface area (Å²) in [6.45, 7) is 3.84. The highest BCUT2D eigenvalue weighted by Gasteiger charge is 2.21. The smallest absolute Gasteiger partial charge is 0.258 e. The summed E-state index contributed by atoms with van der Waals surface area (Å²) in [5.41, 5.74) is 2.49. The SMILES string of the molecule is O=C(CCc1nc2ccccc2c(=O)[nH]1)N1CCN(Cc2cn3ccccc3n2)CC1. The van der Waals surface area contributed by atoms with Gasteiger partial charge in [-0.05, 0) is 24.3 Å². The molecule has 31 heavy (non-hydrogen) atoms. The minimum Gasteiger partial charge on any atom is -0.340 e. The molecule has 4 aromatic rings. The number of hydrogen-bond acceptors (Lipinski definition) is 5. The molecule has 0 radical (unpaired) electrons. The van der Waals surface area contributed by atoms with Gasteiger partial charge in [0.05, 0.1) is 16.6 Å². The predicted octanol–water partition coefficient (Wildman–Crippen LogP) is 1.85. The first kappa shape index (κ1) is 19.4. The summed E-state index contributed by atoms with van der Waals surface area (Å²) < 4.78 is 2.03. The largest absolute Gasteiger partial charge is 0.340 e. The van der Waals surface area contributed by atoms with Crippen molar-refractivity contribution in [3.63, 3.8) is 0 Å². The minimum atomic E-state index is -0.159. The number of nitrogens with zero attached hydrogens (tertiary/aromatic N) is 5. The molecule has 1 aromatic carbocycles. The molecule has 158 valence electrons. The zero-order chi connectivity index (χ0) is 21.2. The monoisotopic (exact) mass is 416 g/mol. The first-order valence-electron chi connectivity index (χ1n) is 10.6. The van der Waals surface area contributed by atoms with Crippen LogP contribution in [0, 0.1) is 0 Å². The van der Waals surface area contributed by atoms with Crippen molar-refractivity contribution < 1.29 is 4.79 Å². The number of fused-ring (bicyclic) bond motifs is 2. The normalized spacial score (nSPS) is 15.0. The summed E-state index contributed by atoms with van der Waals surface area (Å²) in [5, 5.41) is 0.569. The quantitative estimate of drug-likeness (QED) is 0.537. The third-order valence-corrected chi connectivity index (χ3v) is 5.76. The third-order valence-electron chi connectivity index (χ3n) is 5.76. The average molecular weight is 416 g/mol. The van der Waals surface area contributed by atoms with E-state index >= 15 is 0 Å². The highest BCUT2D eigenvalue weighted by atomic mass is 16.2. The van der Waals surface area contributed by atoms with Crippen LogP contribution in [0.1, 0.15) is 17.9 Å². The van der Waals surface area contributed by atoms with Crippen LogP contribution in [0.25, 0.3) is 16.6 Å². The zero-order valence-electron chi connectivity index (χ0n) is 17.2. The van der Waals surface area contributed by atoms with E-state index in [-0.39, 0.29) is 11.5 Å². The number of aromatic amines is 1. The molecule has 1 amide bonds. The molecule has 4 heterocycles. The van der Waals surface area contributed by atoms with Crippen molar-refractivity contribution in [2.24, 2.45) is 0 Å². The standard InChI is InChI=1S/C23H24N6O2/c30-22(9-8-20-25-19-6-2-1-5-18(19)23(31)26-20)28-13-11-27(12-14-28)15-17-16-29-10-4-3-7-21(29)24-17/h1-7,10,16H,8-9,11-15H2,(H,25,26,31). The number of H-pyrrole nitrogens is 1. The van der Waals surface area contributed by atoms with Crippen LogP contribution in [0.5, 0.6) is 0 Å². The molecular formula is C23H24N6O2. The van der Waals surface area contributed by atoms with Gasteiger partial charge in [-0.15, -0.1) is 0 Å². The molecule has 0 aliphatic carbocycles. The van der Waals surface area contributed by atoms with Crippen molar-refractivity contribution in [2.45, 2.75) is 19.4 Å². The van der Waals surface area contributed by atoms with Crippen LogP contribution in [0.3, 0.4) is 0 Å². The minimum absolute atomic E-state index is 0.100. The number of piperazine rings is 1. The van der Waals surface area contributed by atoms with Gasteiger partial charge in [0.15, 0.2) is 0 Å². The summed E-state index contributed by atoms with van der Waals surface area (Å²) in [7, 11) is 0. The fourth-order valence-corrected chi connectivity index (χ4v) is 4.08. The molecule has 0 atom stereocenters. The van der Waals surface area contributed by atoms with Gasteiger partial charge >= 0.3 is 0 Å². The number of imidazole rings is 1. The number of nitrogens with one attached hydrogen (secondary N) is 1. The maximum Gasteiger partial charge on any atom is 0.258 e. The van der Waals surface area contributed by atoms with Crippen molar-refractivity contribution in [3.8, 4) is 0 Å². The van der Waals surface area contributed by atoms with Crippen molar-refractivity contribution in [1.82, 2.24) is 29.2 Å². The lowest BCUT2D eigenvalue weighted by molar-refractivity contribution is -0.133. The molecule has 1 N–H and O–H groups in total. The molecule has 0 unspecified atom stereocenters. The first-order chi connectivity index (χ1) is 15.2. The molecule has 3 aromatic heterocycles. The highest BCUT2D eigenvalue weighted by molar-refractivity contribution is 5.78. The fourth-order valence-electron chi connectivity index (χ4n) is 4.08. The van der Waals surface area contributed by atoms with Gasteiger partial charge in [-0.25, -0.2) is 9.97 Å². The van der Waals surface area contributed by atoms with E-state index in [9.17, 15) is 9.59 Å². The van der Waals surface area contributed by atoms with E-state index in [1.807, 2.05) is 51.9 Å². The number of benzene rings is 1. The van der Waals surface area contributed by atoms with Gasteiger partial charge in [0.25, 0.3) is 5.56 Å². The Labute approximate surface area is 179 Å². The van der Waals surface area contributed by atoms with E-state index in [4.69, 9.17) is 0 Å². The van der Waals surface area contributed by atoms with E-state index in [2.05, 4.69) is 26.0 Å². The molecule has 1 aliphatic heterocycles. The number of pyridine rings is 1. The fraction of sp³-hybridized carbons (Fsp3) is 0.304. The van der Waals surface area contributed by atoms with Crippen LogP contribution in [0.2, 0.25) is 0 Å². The maximum absolute atomic E-state index is 12.7. The van der Waals surface area contributed by atoms with Crippen LogP contribution in [0.15, 0.2) is 59.7 Å². The van der Waals surface area contributed by atoms with Crippen LogP contribution < -0.4 is 5.56 Å². The van der Waals surface area contributed by atoms with E-state index < -0.39 is 0 Å². The van der Waals surface area contributed by atoms with Gasteiger partial charge in [0.2, 0.25) is 5.91 Å². The van der Waals surface area contributed by atoms with Gasteiger partial charge in [0, 0.05) is 58.0 Å². The Morgan fingerprint density at radius 2 is 1.81 bits per heavy atom. The maximum atomic E-state index is 12.7. The Morgan fingerprint density at radius 3 is 2.65 bits per heavy atom. The Bertz CT molecular complexity index is 1250. The van der Waals surface area contributed by atoms with Crippen LogP contribution >= 0.6 is 0 Å². The van der Waals surface area contributed by atoms with E-state index in [1.54, 1.807) is 6.07 Å². The Morgan fingerprint density at radius 1 is 1.00 bits per heavy atom. The van der Waals surface area contributed by atoms with Gasteiger partial charge in [-0.1, -0.05) is 18.2 Å². The molecule has 0 saturated carbocycles. The molecule has 1 saturated heterocycles. The average Bonchev–Trinajstić information content (AvgIpc) is 3.20. The molecule has 0 bridgehead atoms. The van der Waals surface area contributed by atoms with Crippen LogP contribution in [-0.4, -0.2) is 61.2 Å². The number of rotatable bonds is 5. The molecular weight excluding hydrogens is 392 g/mol. The molecule has 1 fully saturated rings. The first-order valence-corrected chi connectivity index (χ1v) is 10.6. The Hall–Kier alpha value is -3.52. The second-order valence-electron chi connectivity index (χ2n) is 7.89. The number of aromatic nitrogens is 4. The summed E-state index contributed by atoms with van der Waals surface area (Å²) in [6, 6.07) is 13.2. The second-order valence-corrected chi connectivity index (χ2v) is 7.89. The summed E-state index contributed by atoms with van der Waals surface area (Å²) in [4.78, 5) is 41.0. The van der Waals surface area contributed by atoms with Crippen molar-refractivity contribution >= 4 is 22.5 Å². The van der Waals surface area contributed by atoms with E-state index in [0.717, 1.165) is 31.0 Å². The zero-order valence-corrected chi connectivity index (χ0v) is 17.2. The lowest BCUT2D eigenvalue weighted by Crippen LogP contribution is -2.48. The van der Waals surface area contributed by atoms with Gasteiger partial charge < -0.3 is 14.3 Å². The number of carbonyl (C=O) groups excluding carboxylic acids is 1. The summed E-state index contributed by atoms with van der Waals surface area (Å²) >= 11 is 0. The Kier molecular flexibility index (Phi) is 5.21. The lowest BCUT2D eigenvalue weighted by atomic mass is 10.2. The Balaban J connectivity index is 1.14. The number of carbonyl (C=O) groups is 1. The number of aryl methyl sites for hydroxylation is 1. The number of hydrogen-bond donors (Lipinski definition) is 1. The van der Waals surface area contributed by atoms with E-state index in [0.29, 0.717) is 42.7 Å². The van der Waals surface area contributed by atoms with Crippen molar-refractivity contribution in [3.05, 3.63) is 76.7 Å². The number of para-hydroxylation sites is 1. The predicted molar refractivity (Wildman–Crippen MR) is 118 cm³/mol. The van der Waals surface area contributed by atoms with Crippen LogP contribution in [0.4, 0.5) is 0 Å². The molecule has 1 aliphatic rings. The lowest BCUT2D eigenvalue weighted by Gasteiger charge is -2.34. The van der Waals surface area contributed by atoms with Crippen LogP contribution in [-0.2, 0) is 17.8 Å². The van der Waals surface area contributed by atoms with E-state index in [1.165, 1.54) is 0 Å². The van der Waals surface area contributed by atoms with Gasteiger partial charge in [0.1, 0.15) is 11.5 Å². The van der Waals surface area contributed by atoms with Gasteiger partial charge in [-0.3, -0.25) is 14.5 Å². The summed E-state index contributed by atoms with van der Waals surface area (Å²) in [6.07, 6.45) is 4.83. The molecule has 0 spiro atoms. The number of amides is 1. The second kappa shape index (κ2) is 8.31. The molecule has 8 heteroatoms. The molecule has 8 nitrogen and oxygen atoms in total. The van der Waals surface area contributed by atoms with Crippen molar-refractivity contribution in [1.29, 1.82) is 0 Å². The van der Waals surface area contributed by atoms with Crippen molar-refractivity contribution in [2.75, 3.05) is 26.2 Å². The summed E-state index contributed by atoms with van der Waals surface area (Å²) in [5.74, 6) is 0.658. The highest BCUT2D eigenvalue weighted by Crippen LogP contribution is 2.12. The topological polar surface area (TPSA) is 86.6 Å². The molecule has 5 rings (SSSR count).